The maximum Gasteiger partial charge on any atom is 0.0207 e. The van der Waals surface area contributed by atoms with Crippen molar-refractivity contribution in [3.8, 4) is 0 Å². The summed E-state index contributed by atoms with van der Waals surface area (Å²) in [7, 11) is 0. The summed E-state index contributed by atoms with van der Waals surface area (Å²) >= 11 is 0. The van der Waals surface area contributed by atoms with Crippen molar-refractivity contribution in [2.75, 3.05) is 13.1 Å². The van der Waals surface area contributed by atoms with Crippen LogP contribution in [0.3, 0.4) is 0 Å². The molecule has 0 aromatic carbocycles. The zero-order valence-electron chi connectivity index (χ0n) is 6.40. The topological polar surface area (TPSA) is 38.0 Å². The fraction of sp³-hybridized carbons (Fsp3) is 1.00. The largest absolute Gasteiger partial charge is 0.325 e. The molecule has 2 aliphatic rings. The van der Waals surface area contributed by atoms with Gasteiger partial charge in [-0.3, -0.25) is 0 Å². The van der Waals surface area contributed by atoms with Gasteiger partial charge in [-0.2, -0.15) is 0 Å². The van der Waals surface area contributed by atoms with Crippen LogP contribution in [0.1, 0.15) is 25.7 Å². The molecule has 1 aliphatic heterocycles. The fourth-order valence-electron chi connectivity index (χ4n) is 2.40. The lowest BCUT2D eigenvalue weighted by molar-refractivity contribution is 0.242. The molecule has 58 valence electrons. The minimum Gasteiger partial charge on any atom is -0.325 e. The SMILES string of the molecule is NC12CCCC1CNCC2. The van der Waals surface area contributed by atoms with E-state index in [1.807, 2.05) is 0 Å². The zero-order valence-corrected chi connectivity index (χ0v) is 6.40. The third kappa shape index (κ3) is 0.867. The molecule has 0 bridgehead atoms. The van der Waals surface area contributed by atoms with Gasteiger partial charge < -0.3 is 11.1 Å². The summed E-state index contributed by atoms with van der Waals surface area (Å²) in [5.41, 5.74) is 6.45. The van der Waals surface area contributed by atoms with E-state index in [9.17, 15) is 0 Å². The predicted octanol–water partition coefficient (Wildman–Crippen LogP) is 0.477. The highest BCUT2D eigenvalue weighted by atomic mass is 14.9. The molecule has 1 saturated carbocycles. The van der Waals surface area contributed by atoms with Crippen molar-refractivity contribution in [2.24, 2.45) is 11.7 Å². The summed E-state index contributed by atoms with van der Waals surface area (Å²) in [6.07, 6.45) is 5.16. The van der Waals surface area contributed by atoms with Crippen molar-refractivity contribution in [2.45, 2.75) is 31.2 Å². The van der Waals surface area contributed by atoms with E-state index in [0.717, 1.165) is 19.0 Å². The van der Waals surface area contributed by atoms with Gasteiger partial charge in [0.05, 0.1) is 0 Å². The Bertz CT molecular complexity index is 135. The highest BCUT2D eigenvalue weighted by molar-refractivity contribution is 5.00. The molecule has 0 radical (unpaired) electrons. The third-order valence-electron chi connectivity index (χ3n) is 3.17. The lowest BCUT2D eigenvalue weighted by atomic mass is 9.82. The molecule has 10 heavy (non-hydrogen) atoms. The summed E-state index contributed by atoms with van der Waals surface area (Å²) in [5, 5.41) is 3.40. The van der Waals surface area contributed by atoms with Gasteiger partial charge >= 0.3 is 0 Å². The Balaban J connectivity index is 2.10. The minimum atomic E-state index is 0.227. The van der Waals surface area contributed by atoms with Crippen LogP contribution >= 0.6 is 0 Å². The van der Waals surface area contributed by atoms with Gasteiger partial charge in [-0.05, 0) is 38.3 Å². The minimum absolute atomic E-state index is 0.227. The van der Waals surface area contributed by atoms with Crippen molar-refractivity contribution >= 4 is 0 Å². The average molecular weight is 140 g/mol. The van der Waals surface area contributed by atoms with E-state index < -0.39 is 0 Å². The normalized spacial score (nSPS) is 47.1. The molecule has 0 aromatic heterocycles. The van der Waals surface area contributed by atoms with E-state index in [1.165, 1.54) is 25.7 Å². The number of piperidine rings is 1. The van der Waals surface area contributed by atoms with Crippen LogP contribution in [0.2, 0.25) is 0 Å². The number of hydrogen-bond acceptors (Lipinski definition) is 2. The standard InChI is InChI=1S/C8H16N2/c9-8-3-1-2-7(8)6-10-5-4-8/h7,10H,1-6,9H2. The van der Waals surface area contributed by atoms with Crippen molar-refractivity contribution in [1.29, 1.82) is 0 Å². The van der Waals surface area contributed by atoms with E-state index in [-0.39, 0.29) is 5.54 Å². The highest BCUT2D eigenvalue weighted by Gasteiger charge is 2.40. The Labute approximate surface area is 62.2 Å². The van der Waals surface area contributed by atoms with Gasteiger partial charge in [0.1, 0.15) is 0 Å². The molecule has 2 heteroatoms. The molecule has 1 heterocycles. The molecule has 0 aromatic rings. The summed E-state index contributed by atoms with van der Waals surface area (Å²) in [6, 6.07) is 0. The van der Waals surface area contributed by atoms with Gasteiger partial charge in [0.25, 0.3) is 0 Å². The molecule has 2 atom stereocenters. The first kappa shape index (κ1) is 6.62. The first-order valence-corrected chi connectivity index (χ1v) is 4.31. The van der Waals surface area contributed by atoms with E-state index in [4.69, 9.17) is 5.73 Å². The van der Waals surface area contributed by atoms with E-state index >= 15 is 0 Å². The van der Waals surface area contributed by atoms with Gasteiger partial charge in [0.2, 0.25) is 0 Å². The van der Waals surface area contributed by atoms with Crippen molar-refractivity contribution in [3.05, 3.63) is 0 Å². The summed E-state index contributed by atoms with van der Waals surface area (Å²) in [6.45, 7) is 2.30. The Hall–Kier alpha value is -0.0800. The summed E-state index contributed by atoms with van der Waals surface area (Å²) in [5.74, 6) is 0.779. The van der Waals surface area contributed by atoms with Crippen LogP contribution in [0.5, 0.6) is 0 Å². The molecule has 2 fully saturated rings. The van der Waals surface area contributed by atoms with Crippen molar-refractivity contribution < 1.29 is 0 Å². The summed E-state index contributed by atoms with van der Waals surface area (Å²) < 4.78 is 0. The Kier molecular flexibility index (Phi) is 1.46. The molecule has 1 saturated heterocycles. The Morgan fingerprint density at radius 1 is 1.40 bits per heavy atom. The molecule has 2 unspecified atom stereocenters. The zero-order chi connectivity index (χ0) is 7.03. The maximum absolute atomic E-state index is 6.22. The molecule has 1 aliphatic carbocycles. The van der Waals surface area contributed by atoms with Crippen LogP contribution in [0.4, 0.5) is 0 Å². The smallest absolute Gasteiger partial charge is 0.0207 e. The maximum atomic E-state index is 6.22. The van der Waals surface area contributed by atoms with Crippen LogP contribution in [0, 0.1) is 5.92 Å². The average Bonchev–Trinajstić information content (AvgIpc) is 2.29. The fourth-order valence-corrected chi connectivity index (χ4v) is 2.40. The monoisotopic (exact) mass is 140 g/mol. The van der Waals surface area contributed by atoms with Crippen LogP contribution in [-0.2, 0) is 0 Å². The van der Waals surface area contributed by atoms with E-state index in [2.05, 4.69) is 5.32 Å². The molecular weight excluding hydrogens is 124 g/mol. The van der Waals surface area contributed by atoms with Crippen molar-refractivity contribution in [3.63, 3.8) is 0 Å². The van der Waals surface area contributed by atoms with Gasteiger partial charge in [0.15, 0.2) is 0 Å². The third-order valence-corrected chi connectivity index (χ3v) is 3.17. The Morgan fingerprint density at radius 2 is 2.30 bits per heavy atom. The summed E-state index contributed by atoms with van der Waals surface area (Å²) in [4.78, 5) is 0. The first-order valence-electron chi connectivity index (χ1n) is 4.31. The second-order valence-electron chi connectivity index (χ2n) is 3.78. The predicted molar refractivity (Wildman–Crippen MR) is 41.7 cm³/mol. The van der Waals surface area contributed by atoms with Crippen LogP contribution in [0.25, 0.3) is 0 Å². The van der Waals surface area contributed by atoms with Gasteiger partial charge in [-0.25, -0.2) is 0 Å². The molecule has 2 rings (SSSR count). The van der Waals surface area contributed by atoms with E-state index in [0.29, 0.717) is 0 Å². The van der Waals surface area contributed by atoms with Crippen LogP contribution in [0.15, 0.2) is 0 Å². The van der Waals surface area contributed by atoms with Crippen LogP contribution < -0.4 is 11.1 Å². The van der Waals surface area contributed by atoms with Gasteiger partial charge in [-0.15, -0.1) is 0 Å². The molecule has 2 nitrogen and oxygen atoms in total. The molecule has 3 N–H and O–H groups in total. The van der Waals surface area contributed by atoms with Gasteiger partial charge in [0, 0.05) is 5.54 Å². The van der Waals surface area contributed by atoms with Gasteiger partial charge in [-0.1, -0.05) is 6.42 Å². The number of nitrogens with two attached hydrogens (primary N) is 1. The second-order valence-corrected chi connectivity index (χ2v) is 3.78. The van der Waals surface area contributed by atoms with Crippen LogP contribution in [-0.4, -0.2) is 18.6 Å². The highest BCUT2D eigenvalue weighted by Crippen LogP contribution is 2.37. The van der Waals surface area contributed by atoms with Crippen molar-refractivity contribution in [1.82, 2.24) is 5.32 Å². The number of hydrogen-bond donors (Lipinski definition) is 2. The Morgan fingerprint density at radius 3 is 3.10 bits per heavy atom. The number of rotatable bonds is 0. The molecular formula is C8H16N2. The lowest BCUT2D eigenvalue weighted by Gasteiger charge is -2.36. The quantitative estimate of drug-likeness (QED) is 0.513. The number of fused-ring (bicyclic) bond motifs is 1. The molecule has 0 amide bonds. The lowest BCUT2D eigenvalue weighted by Crippen LogP contribution is -2.53. The van der Waals surface area contributed by atoms with E-state index in [1.54, 1.807) is 0 Å². The molecule has 0 spiro atoms. The number of nitrogens with one attached hydrogen (secondary N) is 1. The second kappa shape index (κ2) is 2.21. The first-order chi connectivity index (χ1) is 4.81.